The Morgan fingerprint density at radius 3 is 2.41 bits per heavy atom. The van der Waals surface area contributed by atoms with E-state index in [1.807, 2.05) is 36.4 Å². The normalized spacial score (nSPS) is 10.7. The van der Waals surface area contributed by atoms with E-state index in [1.54, 1.807) is 6.07 Å². The SMILES string of the molecule is Oc1ccc(Br)cc1-c1cc(I)cc(-c2cccc(Cl)c2)c1. The van der Waals surface area contributed by atoms with Gasteiger partial charge < -0.3 is 5.11 Å². The molecule has 110 valence electrons. The quantitative estimate of drug-likeness (QED) is 0.398. The molecule has 22 heavy (non-hydrogen) atoms. The van der Waals surface area contributed by atoms with Gasteiger partial charge in [-0.2, -0.15) is 0 Å². The summed E-state index contributed by atoms with van der Waals surface area (Å²) in [7, 11) is 0. The van der Waals surface area contributed by atoms with Crippen molar-refractivity contribution in [2.75, 3.05) is 0 Å². The molecule has 0 aliphatic rings. The Hall–Kier alpha value is -1.04. The average molecular weight is 486 g/mol. The maximum absolute atomic E-state index is 10.1. The summed E-state index contributed by atoms with van der Waals surface area (Å²) in [4.78, 5) is 0. The lowest BCUT2D eigenvalue weighted by Crippen LogP contribution is -1.85. The van der Waals surface area contributed by atoms with Gasteiger partial charge in [-0.05, 0) is 87.8 Å². The molecule has 0 atom stereocenters. The summed E-state index contributed by atoms with van der Waals surface area (Å²) in [5.74, 6) is 0.266. The minimum Gasteiger partial charge on any atom is -0.507 e. The molecule has 3 rings (SSSR count). The topological polar surface area (TPSA) is 20.2 Å². The van der Waals surface area contributed by atoms with Crippen molar-refractivity contribution in [2.45, 2.75) is 0 Å². The lowest BCUT2D eigenvalue weighted by molar-refractivity contribution is 0.477. The van der Waals surface area contributed by atoms with E-state index in [0.717, 1.165) is 30.3 Å². The standard InChI is InChI=1S/C18H11BrClIO/c19-14-4-5-18(22)17(10-14)13-6-12(8-16(21)9-13)11-2-1-3-15(20)7-11/h1-10,22H. The Bertz CT molecular complexity index is 848. The number of phenolic OH excluding ortho intramolecular Hbond substituents is 1. The largest absolute Gasteiger partial charge is 0.507 e. The minimum atomic E-state index is 0.266. The molecule has 3 aromatic rings. The van der Waals surface area contributed by atoms with E-state index < -0.39 is 0 Å². The summed E-state index contributed by atoms with van der Waals surface area (Å²) < 4.78 is 2.04. The van der Waals surface area contributed by atoms with Gasteiger partial charge in [-0.3, -0.25) is 0 Å². The molecule has 0 amide bonds. The molecule has 3 aromatic carbocycles. The van der Waals surface area contributed by atoms with E-state index in [9.17, 15) is 5.11 Å². The van der Waals surface area contributed by atoms with Crippen molar-refractivity contribution in [3.05, 3.63) is 73.7 Å². The van der Waals surface area contributed by atoms with Gasteiger partial charge in [0.05, 0.1) is 0 Å². The van der Waals surface area contributed by atoms with Crippen LogP contribution in [0.15, 0.2) is 65.1 Å². The number of phenols is 1. The zero-order valence-electron chi connectivity index (χ0n) is 11.4. The second kappa shape index (κ2) is 6.60. The predicted molar refractivity (Wildman–Crippen MR) is 104 cm³/mol. The fourth-order valence-corrected chi connectivity index (χ4v) is 3.54. The zero-order chi connectivity index (χ0) is 15.7. The highest BCUT2D eigenvalue weighted by Gasteiger charge is 2.09. The number of aromatic hydroxyl groups is 1. The molecule has 0 bridgehead atoms. The molecule has 0 aliphatic carbocycles. The molecule has 0 saturated heterocycles. The summed E-state index contributed by atoms with van der Waals surface area (Å²) in [6.07, 6.45) is 0. The molecule has 0 aromatic heterocycles. The third-order valence-corrected chi connectivity index (χ3v) is 4.68. The lowest BCUT2D eigenvalue weighted by atomic mass is 9.98. The number of benzene rings is 3. The molecular weight excluding hydrogens is 474 g/mol. The van der Waals surface area contributed by atoms with Crippen molar-refractivity contribution in [1.82, 2.24) is 0 Å². The molecule has 0 spiro atoms. The molecule has 0 unspecified atom stereocenters. The summed E-state index contributed by atoms with van der Waals surface area (Å²) >= 11 is 11.8. The Balaban J connectivity index is 2.16. The van der Waals surface area contributed by atoms with E-state index in [1.165, 1.54) is 0 Å². The van der Waals surface area contributed by atoms with Crippen LogP contribution in [-0.2, 0) is 0 Å². The van der Waals surface area contributed by atoms with Gasteiger partial charge in [0.15, 0.2) is 0 Å². The summed E-state index contributed by atoms with van der Waals surface area (Å²) in [6.45, 7) is 0. The molecule has 0 fully saturated rings. The Morgan fingerprint density at radius 1 is 0.864 bits per heavy atom. The van der Waals surface area contributed by atoms with Crippen molar-refractivity contribution < 1.29 is 5.11 Å². The lowest BCUT2D eigenvalue weighted by Gasteiger charge is -2.10. The van der Waals surface area contributed by atoms with Crippen LogP contribution in [0.5, 0.6) is 5.75 Å². The number of hydrogen-bond acceptors (Lipinski definition) is 1. The van der Waals surface area contributed by atoms with E-state index >= 15 is 0 Å². The molecular formula is C18H11BrClIO. The molecule has 1 nitrogen and oxygen atoms in total. The van der Waals surface area contributed by atoms with E-state index in [-0.39, 0.29) is 5.75 Å². The Morgan fingerprint density at radius 2 is 1.64 bits per heavy atom. The van der Waals surface area contributed by atoms with Gasteiger partial charge >= 0.3 is 0 Å². The average Bonchev–Trinajstić information content (AvgIpc) is 2.49. The first kappa shape index (κ1) is 15.8. The number of hydrogen-bond donors (Lipinski definition) is 1. The highest BCUT2D eigenvalue weighted by atomic mass is 127. The first-order chi connectivity index (χ1) is 10.5. The third kappa shape index (κ3) is 3.47. The van der Waals surface area contributed by atoms with Gasteiger partial charge in [0.25, 0.3) is 0 Å². The molecule has 0 aliphatic heterocycles. The van der Waals surface area contributed by atoms with Gasteiger partial charge in [0.1, 0.15) is 5.75 Å². The third-order valence-electron chi connectivity index (χ3n) is 3.33. The van der Waals surface area contributed by atoms with Crippen LogP contribution in [0.4, 0.5) is 0 Å². The minimum absolute atomic E-state index is 0.266. The van der Waals surface area contributed by atoms with Crippen molar-refractivity contribution in [3.8, 4) is 28.0 Å². The van der Waals surface area contributed by atoms with Crippen LogP contribution >= 0.6 is 50.1 Å². The van der Waals surface area contributed by atoms with E-state index in [4.69, 9.17) is 11.6 Å². The number of rotatable bonds is 2. The second-order valence-electron chi connectivity index (χ2n) is 4.90. The van der Waals surface area contributed by atoms with Crippen LogP contribution in [0.1, 0.15) is 0 Å². The monoisotopic (exact) mass is 484 g/mol. The predicted octanol–water partition coefficient (Wildman–Crippen LogP) is 6.75. The molecule has 0 saturated carbocycles. The maximum Gasteiger partial charge on any atom is 0.123 e. The van der Waals surface area contributed by atoms with Crippen LogP contribution < -0.4 is 0 Å². The van der Waals surface area contributed by atoms with Crippen LogP contribution in [0.2, 0.25) is 5.02 Å². The maximum atomic E-state index is 10.1. The van der Waals surface area contributed by atoms with Crippen LogP contribution in [0, 0.1) is 3.57 Å². The second-order valence-corrected chi connectivity index (χ2v) is 7.50. The summed E-state index contributed by atoms with van der Waals surface area (Å²) in [6, 6.07) is 19.4. The molecule has 4 heteroatoms. The zero-order valence-corrected chi connectivity index (χ0v) is 15.9. The van der Waals surface area contributed by atoms with Crippen molar-refractivity contribution in [1.29, 1.82) is 0 Å². The van der Waals surface area contributed by atoms with Crippen molar-refractivity contribution in [3.63, 3.8) is 0 Å². The van der Waals surface area contributed by atoms with Gasteiger partial charge in [-0.25, -0.2) is 0 Å². The molecule has 1 N–H and O–H groups in total. The smallest absolute Gasteiger partial charge is 0.123 e. The van der Waals surface area contributed by atoms with Gasteiger partial charge in [-0.1, -0.05) is 39.7 Å². The van der Waals surface area contributed by atoms with E-state index in [0.29, 0.717) is 5.02 Å². The van der Waals surface area contributed by atoms with Crippen LogP contribution in [0.3, 0.4) is 0 Å². The summed E-state index contributed by atoms with van der Waals surface area (Å²) in [5, 5.41) is 10.9. The van der Waals surface area contributed by atoms with Crippen molar-refractivity contribution >= 4 is 50.1 Å². The van der Waals surface area contributed by atoms with Crippen LogP contribution in [0.25, 0.3) is 22.3 Å². The van der Waals surface area contributed by atoms with Gasteiger partial charge in [-0.15, -0.1) is 0 Å². The molecule has 0 radical (unpaired) electrons. The Kier molecular flexibility index (Phi) is 4.76. The summed E-state index contributed by atoms with van der Waals surface area (Å²) in [5.41, 5.74) is 3.90. The van der Waals surface area contributed by atoms with Gasteiger partial charge in [0.2, 0.25) is 0 Å². The van der Waals surface area contributed by atoms with Gasteiger partial charge in [0, 0.05) is 18.6 Å². The van der Waals surface area contributed by atoms with E-state index in [2.05, 4.69) is 56.7 Å². The molecule has 0 heterocycles. The van der Waals surface area contributed by atoms with Crippen molar-refractivity contribution in [2.24, 2.45) is 0 Å². The highest BCUT2D eigenvalue weighted by Crippen LogP contribution is 2.35. The first-order valence-electron chi connectivity index (χ1n) is 6.58. The highest BCUT2D eigenvalue weighted by molar-refractivity contribution is 14.1. The fourth-order valence-electron chi connectivity index (χ4n) is 2.32. The first-order valence-corrected chi connectivity index (χ1v) is 8.83. The fraction of sp³-hybridized carbons (Fsp3) is 0. The van der Waals surface area contributed by atoms with Crippen LogP contribution in [-0.4, -0.2) is 5.11 Å². The Labute approximate surface area is 156 Å². The number of halogens is 3.